The Morgan fingerprint density at radius 3 is 2.92 bits per heavy atom. The fourth-order valence-corrected chi connectivity index (χ4v) is 4.04. The lowest BCUT2D eigenvalue weighted by Gasteiger charge is -2.30. The molecule has 7 nitrogen and oxygen atoms in total. The molecule has 1 saturated carbocycles. The molecule has 2 aromatic heterocycles. The van der Waals surface area contributed by atoms with E-state index >= 15 is 0 Å². The van der Waals surface area contributed by atoms with Gasteiger partial charge in [0, 0.05) is 31.1 Å². The van der Waals surface area contributed by atoms with Crippen LogP contribution in [0.1, 0.15) is 37.9 Å². The van der Waals surface area contributed by atoms with Gasteiger partial charge in [-0.05, 0) is 37.8 Å². The van der Waals surface area contributed by atoms with Crippen molar-refractivity contribution < 1.29 is 18.8 Å². The molecule has 2 aliphatic rings. The first-order valence-corrected chi connectivity index (χ1v) is 8.90. The number of esters is 1. The van der Waals surface area contributed by atoms with Crippen molar-refractivity contribution in [1.29, 1.82) is 0 Å². The zero-order valence-corrected chi connectivity index (χ0v) is 14.7. The van der Waals surface area contributed by atoms with Gasteiger partial charge in [-0.1, -0.05) is 5.16 Å². The molecule has 0 aromatic carbocycles. The zero-order valence-electron chi connectivity index (χ0n) is 14.7. The molecule has 1 spiro atoms. The van der Waals surface area contributed by atoms with E-state index in [9.17, 15) is 9.59 Å². The van der Waals surface area contributed by atoms with E-state index in [4.69, 9.17) is 9.26 Å². The molecule has 2 aromatic rings. The maximum atomic E-state index is 13.0. The van der Waals surface area contributed by atoms with Crippen LogP contribution in [0.4, 0.5) is 0 Å². The van der Waals surface area contributed by atoms with Crippen molar-refractivity contribution in [3.05, 3.63) is 36.4 Å². The molecule has 0 N–H and O–H groups in total. The molecule has 4 rings (SSSR count). The van der Waals surface area contributed by atoms with Gasteiger partial charge in [0.25, 0.3) is 0 Å². The smallest absolute Gasteiger partial charge is 0.307 e. The van der Waals surface area contributed by atoms with Crippen LogP contribution in [0, 0.1) is 5.92 Å². The second-order valence-electron chi connectivity index (χ2n) is 7.12. The highest BCUT2D eigenvalue weighted by Crippen LogP contribution is 2.46. The van der Waals surface area contributed by atoms with Crippen molar-refractivity contribution in [2.24, 2.45) is 5.92 Å². The molecule has 0 bridgehead atoms. The van der Waals surface area contributed by atoms with E-state index < -0.39 is 11.5 Å². The van der Waals surface area contributed by atoms with E-state index in [1.807, 2.05) is 18.2 Å². The summed E-state index contributed by atoms with van der Waals surface area (Å²) in [6.45, 7) is 0.298. The van der Waals surface area contributed by atoms with Gasteiger partial charge in [0.05, 0.1) is 18.9 Å². The zero-order chi connectivity index (χ0) is 18.1. The average molecular weight is 355 g/mol. The van der Waals surface area contributed by atoms with E-state index in [-0.39, 0.29) is 18.3 Å². The number of hydrogen-bond acceptors (Lipinski definition) is 6. The van der Waals surface area contributed by atoms with E-state index in [1.165, 1.54) is 0 Å². The first kappa shape index (κ1) is 16.8. The number of hydrogen-bond donors (Lipinski definition) is 0. The largest absolute Gasteiger partial charge is 0.458 e. The minimum Gasteiger partial charge on any atom is -0.458 e. The molecule has 1 atom stereocenters. The van der Waals surface area contributed by atoms with Gasteiger partial charge in [-0.2, -0.15) is 0 Å². The molecule has 1 aliphatic carbocycles. The van der Waals surface area contributed by atoms with Gasteiger partial charge in [-0.3, -0.25) is 14.6 Å². The van der Waals surface area contributed by atoms with Crippen molar-refractivity contribution in [3.63, 3.8) is 0 Å². The predicted octanol–water partition coefficient (Wildman–Crippen LogP) is 2.57. The molecule has 1 unspecified atom stereocenters. The molecule has 136 valence electrons. The summed E-state index contributed by atoms with van der Waals surface area (Å²) in [6, 6.07) is 5.54. The summed E-state index contributed by atoms with van der Waals surface area (Å²) in [5.41, 5.74) is 0.946. The van der Waals surface area contributed by atoms with Crippen LogP contribution in [0.3, 0.4) is 0 Å². The number of ether oxygens (including phenoxy) is 1. The Balaban J connectivity index is 1.46. The second-order valence-corrected chi connectivity index (χ2v) is 7.12. The van der Waals surface area contributed by atoms with E-state index in [0.717, 1.165) is 31.2 Å². The summed E-state index contributed by atoms with van der Waals surface area (Å²) < 4.78 is 10.9. The molecule has 7 heteroatoms. The molecule has 2 fully saturated rings. The predicted molar refractivity (Wildman–Crippen MR) is 91.6 cm³/mol. The molecular formula is C19H21N3O4. The highest BCUT2D eigenvalue weighted by atomic mass is 16.6. The van der Waals surface area contributed by atoms with E-state index in [1.54, 1.807) is 24.3 Å². The molecule has 0 radical (unpaired) electrons. The van der Waals surface area contributed by atoms with Crippen molar-refractivity contribution in [2.45, 2.75) is 44.2 Å². The average Bonchev–Trinajstić information content (AvgIpc) is 3.37. The molecule has 26 heavy (non-hydrogen) atoms. The van der Waals surface area contributed by atoms with E-state index in [0.29, 0.717) is 18.0 Å². The normalized spacial score (nSPS) is 21.1. The number of pyridine rings is 1. The minimum atomic E-state index is -0.593. The fraction of sp³-hybridized carbons (Fsp3) is 0.474. The van der Waals surface area contributed by atoms with Gasteiger partial charge >= 0.3 is 5.97 Å². The minimum absolute atomic E-state index is 0.0722. The summed E-state index contributed by atoms with van der Waals surface area (Å²) in [5, 5.41) is 4.05. The number of rotatable bonds is 4. The number of aromatic nitrogens is 2. The first-order valence-electron chi connectivity index (χ1n) is 8.90. The quantitative estimate of drug-likeness (QED) is 0.784. The van der Waals surface area contributed by atoms with Crippen LogP contribution < -0.4 is 0 Å². The number of amides is 1. The Labute approximate surface area is 151 Å². The van der Waals surface area contributed by atoms with Gasteiger partial charge in [-0.15, -0.1) is 0 Å². The molecule has 1 amide bonds. The van der Waals surface area contributed by atoms with Crippen LogP contribution in [0.15, 0.2) is 35.1 Å². The number of nitrogens with zero attached hydrogens (tertiary/aromatic N) is 3. The lowest BCUT2D eigenvalue weighted by molar-refractivity contribution is -0.151. The summed E-state index contributed by atoms with van der Waals surface area (Å²) in [6.07, 6.45) is 7.12. The maximum Gasteiger partial charge on any atom is 0.307 e. The Morgan fingerprint density at radius 2 is 2.19 bits per heavy atom. The van der Waals surface area contributed by atoms with Gasteiger partial charge in [0.15, 0.2) is 5.76 Å². The van der Waals surface area contributed by atoms with E-state index in [2.05, 4.69) is 10.1 Å². The van der Waals surface area contributed by atoms with Gasteiger partial charge < -0.3 is 14.2 Å². The highest BCUT2D eigenvalue weighted by molar-refractivity contribution is 5.87. The van der Waals surface area contributed by atoms with Crippen molar-refractivity contribution in [2.75, 3.05) is 7.05 Å². The standard InChI is InChI=1S/C19H21N3O4/c1-22(12-14-9-16(21-26-14)13-5-4-8-20-11-13)18(24)15-10-17(23)25-19(15)6-2-3-7-19/h4-5,8-9,11,15H,2-3,6-7,10,12H2,1H3. The van der Waals surface area contributed by atoms with Gasteiger partial charge in [-0.25, -0.2) is 0 Å². The number of carbonyl (C=O) groups excluding carboxylic acids is 2. The van der Waals surface area contributed by atoms with Gasteiger partial charge in [0.1, 0.15) is 11.3 Å². The maximum absolute atomic E-state index is 13.0. The third kappa shape index (κ3) is 2.98. The number of carbonyl (C=O) groups is 2. The molecule has 3 heterocycles. The topological polar surface area (TPSA) is 85.5 Å². The first-order chi connectivity index (χ1) is 12.6. The molecule has 1 saturated heterocycles. The van der Waals surface area contributed by atoms with Crippen LogP contribution in [0.2, 0.25) is 0 Å². The van der Waals surface area contributed by atoms with Gasteiger partial charge in [0.2, 0.25) is 5.91 Å². The van der Waals surface area contributed by atoms with Crippen LogP contribution >= 0.6 is 0 Å². The van der Waals surface area contributed by atoms with Crippen molar-refractivity contribution >= 4 is 11.9 Å². The summed E-state index contributed by atoms with van der Waals surface area (Å²) >= 11 is 0. The van der Waals surface area contributed by atoms with Crippen molar-refractivity contribution in [3.8, 4) is 11.3 Å². The second kappa shape index (κ2) is 6.55. The Kier molecular flexibility index (Phi) is 4.22. The fourth-order valence-electron chi connectivity index (χ4n) is 4.04. The summed E-state index contributed by atoms with van der Waals surface area (Å²) in [7, 11) is 1.72. The summed E-state index contributed by atoms with van der Waals surface area (Å²) in [4.78, 5) is 30.5. The van der Waals surface area contributed by atoms with Crippen LogP contribution in [0.25, 0.3) is 11.3 Å². The van der Waals surface area contributed by atoms with Crippen LogP contribution in [0.5, 0.6) is 0 Å². The monoisotopic (exact) mass is 355 g/mol. The third-order valence-electron chi connectivity index (χ3n) is 5.36. The van der Waals surface area contributed by atoms with Crippen molar-refractivity contribution in [1.82, 2.24) is 15.0 Å². The lowest BCUT2D eigenvalue weighted by atomic mass is 9.84. The Morgan fingerprint density at radius 1 is 1.38 bits per heavy atom. The highest BCUT2D eigenvalue weighted by Gasteiger charge is 2.54. The molecular weight excluding hydrogens is 334 g/mol. The molecule has 1 aliphatic heterocycles. The third-order valence-corrected chi connectivity index (χ3v) is 5.36. The Hall–Kier alpha value is -2.70. The Bertz CT molecular complexity index is 811. The van der Waals surface area contributed by atoms with Crippen LogP contribution in [-0.4, -0.2) is 39.6 Å². The summed E-state index contributed by atoms with van der Waals surface area (Å²) in [5.74, 6) is -0.150. The SMILES string of the molecule is CN(Cc1cc(-c2cccnc2)no1)C(=O)C1CC(=O)OC12CCCC2. The van der Waals surface area contributed by atoms with Crippen LogP contribution in [-0.2, 0) is 20.9 Å². The lowest BCUT2D eigenvalue weighted by Crippen LogP contribution is -2.43.